The minimum absolute atomic E-state index is 0.192. The molecule has 2 aromatic rings. The Labute approximate surface area is 116 Å². The largest absolute Gasteiger partial charge is 0.376 e. The lowest BCUT2D eigenvalue weighted by Gasteiger charge is -2.21. The molecular weight excluding hydrogens is 258 g/mol. The molecule has 1 unspecified atom stereocenters. The summed E-state index contributed by atoms with van der Waals surface area (Å²) in [6.45, 7) is 1.57. The number of aromatic nitrogens is 5. The molecule has 0 amide bonds. The van der Waals surface area contributed by atoms with Gasteiger partial charge >= 0.3 is 0 Å². The van der Waals surface area contributed by atoms with Crippen molar-refractivity contribution in [3.63, 3.8) is 0 Å². The number of ether oxygens (including phenoxy) is 1. The second kappa shape index (κ2) is 5.41. The quantitative estimate of drug-likeness (QED) is 0.854. The van der Waals surface area contributed by atoms with Gasteiger partial charge in [0, 0.05) is 32.6 Å². The summed E-state index contributed by atoms with van der Waals surface area (Å²) in [4.78, 5) is 18.6. The molecule has 0 spiro atoms. The zero-order valence-corrected chi connectivity index (χ0v) is 11.3. The number of rotatable bonds is 4. The second-order valence-corrected chi connectivity index (χ2v) is 4.78. The van der Waals surface area contributed by atoms with Crippen LogP contribution in [0.25, 0.3) is 5.95 Å². The average molecular weight is 275 g/mol. The lowest BCUT2D eigenvalue weighted by atomic mass is 10.2. The Hall–Kier alpha value is -2.22. The third kappa shape index (κ3) is 2.69. The molecule has 3 heterocycles. The number of imidazole rings is 1. The zero-order chi connectivity index (χ0) is 13.9. The first-order chi connectivity index (χ1) is 9.72. The topological polar surface area (TPSA) is 95.0 Å². The molecule has 1 saturated heterocycles. The van der Waals surface area contributed by atoms with E-state index >= 15 is 0 Å². The van der Waals surface area contributed by atoms with E-state index in [1.165, 1.54) is 0 Å². The summed E-state index contributed by atoms with van der Waals surface area (Å²) in [5.74, 6) is 1.19. The molecule has 0 saturated carbocycles. The molecule has 20 heavy (non-hydrogen) atoms. The van der Waals surface area contributed by atoms with Crippen LogP contribution in [0.4, 0.5) is 11.9 Å². The van der Waals surface area contributed by atoms with E-state index in [0.29, 0.717) is 11.9 Å². The standard InChI is InChI=1S/C12H17N7O/c1-18(7-9-3-2-6-20-9)11-15-10(13)16-12(17-11)19-5-4-14-8-19/h4-5,8-9H,2-3,6-7H2,1H3,(H2,13,15,16,17). The number of nitrogens with zero attached hydrogens (tertiary/aromatic N) is 6. The van der Waals surface area contributed by atoms with Crippen molar-refractivity contribution in [2.75, 3.05) is 30.8 Å². The van der Waals surface area contributed by atoms with E-state index in [1.807, 2.05) is 11.9 Å². The van der Waals surface area contributed by atoms with Crippen LogP contribution in [0.15, 0.2) is 18.7 Å². The van der Waals surface area contributed by atoms with Crippen molar-refractivity contribution in [3.8, 4) is 5.95 Å². The fraction of sp³-hybridized carbons (Fsp3) is 0.500. The Morgan fingerprint density at radius 1 is 1.45 bits per heavy atom. The molecule has 0 radical (unpaired) electrons. The predicted molar refractivity (Wildman–Crippen MR) is 73.6 cm³/mol. The van der Waals surface area contributed by atoms with Crippen LogP contribution in [0, 0.1) is 0 Å². The van der Waals surface area contributed by atoms with Gasteiger partial charge in [-0.1, -0.05) is 0 Å². The summed E-state index contributed by atoms with van der Waals surface area (Å²) in [5.41, 5.74) is 5.76. The molecule has 8 heteroatoms. The van der Waals surface area contributed by atoms with Gasteiger partial charge in [-0.3, -0.25) is 4.57 Å². The molecule has 8 nitrogen and oxygen atoms in total. The highest BCUT2D eigenvalue weighted by atomic mass is 16.5. The molecule has 1 aliphatic rings. The van der Waals surface area contributed by atoms with Crippen molar-refractivity contribution < 1.29 is 4.74 Å². The lowest BCUT2D eigenvalue weighted by molar-refractivity contribution is 0.116. The fourth-order valence-electron chi connectivity index (χ4n) is 2.21. The van der Waals surface area contributed by atoms with Crippen molar-refractivity contribution in [2.45, 2.75) is 18.9 Å². The molecule has 3 rings (SSSR count). The fourth-order valence-corrected chi connectivity index (χ4v) is 2.21. The van der Waals surface area contributed by atoms with Gasteiger partial charge in [0.05, 0.1) is 6.10 Å². The van der Waals surface area contributed by atoms with Crippen LogP contribution in [0.1, 0.15) is 12.8 Å². The minimum Gasteiger partial charge on any atom is -0.376 e. The maximum atomic E-state index is 5.76. The predicted octanol–water partition coefficient (Wildman–Crippen LogP) is 0.255. The van der Waals surface area contributed by atoms with E-state index in [-0.39, 0.29) is 12.1 Å². The normalized spacial score (nSPS) is 18.4. The van der Waals surface area contributed by atoms with E-state index in [4.69, 9.17) is 10.5 Å². The minimum atomic E-state index is 0.192. The molecule has 106 valence electrons. The van der Waals surface area contributed by atoms with Crippen molar-refractivity contribution in [2.24, 2.45) is 0 Å². The number of anilines is 2. The van der Waals surface area contributed by atoms with Crippen LogP contribution in [-0.2, 0) is 4.74 Å². The van der Waals surface area contributed by atoms with E-state index in [2.05, 4.69) is 19.9 Å². The van der Waals surface area contributed by atoms with Gasteiger partial charge in [-0.25, -0.2) is 4.98 Å². The van der Waals surface area contributed by atoms with Crippen LogP contribution in [0.5, 0.6) is 0 Å². The molecule has 0 aromatic carbocycles. The first-order valence-electron chi connectivity index (χ1n) is 6.55. The van der Waals surface area contributed by atoms with Crippen molar-refractivity contribution in [3.05, 3.63) is 18.7 Å². The molecule has 2 N–H and O–H groups in total. The summed E-state index contributed by atoms with van der Waals surface area (Å²) in [6.07, 6.45) is 7.46. The van der Waals surface area contributed by atoms with E-state index in [1.54, 1.807) is 23.3 Å². The average Bonchev–Trinajstić information content (AvgIpc) is 3.11. The van der Waals surface area contributed by atoms with Crippen LogP contribution in [0.2, 0.25) is 0 Å². The van der Waals surface area contributed by atoms with Crippen LogP contribution in [0.3, 0.4) is 0 Å². The number of hydrogen-bond acceptors (Lipinski definition) is 7. The highest BCUT2D eigenvalue weighted by Crippen LogP contribution is 2.16. The maximum absolute atomic E-state index is 5.76. The van der Waals surface area contributed by atoms with Crippen molar-refractivity contribution >= 4 is 11.9 Å². The van der Waals surface area contributed by atoms with E-state index < -0.39 is 0 Å². The first kappa shape index (κ1) is 12.8. The Morgan fingerprint density at radius 3 is 3.05 bits per heavy atom. The van der Waals surface area contributed by atoms with Gasteiger partial charge in [-0.15, -0.1) is 0 Å². The maximum Gasteiger partial charge on any atom is 0.241 e. The molecule has 1 aliphatic heterocycles. The van der Waals surface area contributed by atoms with Gasteiger partial charge in [0.15, 0.2) is 0 Å². The lowest BCUT2D eigenvalue weighted by Crippen LogP contribution is -2.30. The number of hydrogen-bond donors (Lipinski definition) is 1. The van der Waals surface area contributed by atoms with Gasteiger partial charge in [0.1, 0.15) is 6.33 Å². The van der Waals surface area contributed by atoms with Gasteiger partial charge in [0.25, 0.3) is 0 Å². The third-order valence-electron chi connectivity index (χ3n) is 3.21. The van der Waals surface area contributed by atoms with Crippen LogP contribution in [-0.4, -0.2) is 50.8 Å². The summed E-state index contributed by atoms with van der Waals surface area (Å²) < 4.78 is 7.31. The Kier molecular flexibility index (Phi) is 3.46. The van der Waals surface area contributed by atoms with Crippen LogP contribution < -0.4 is 10.6 Å². The number of likely N-dealkylation sites (N-methyl/N-ethyl adjacent to an activating group) is 1. The van der Waals surface area contributed by atoms with E-state index in [0.717, 1.165) is 26.0 Å². The Morgan fingerprint density at radius 2 is 2.35 bits per heavy atom. The third-order valence-corrected chi connectivity index (χ3v) is 3.21. The zero-order valence-electron chi connectivity index (χ0n) is 11.3. The summed E-state index contributed by atoms with van der Waals surface area (Å²) in [5, 5.41) is 0. The van der Waals surface area contributed by atoms with Crippen molar-refractivity contribution in [1.29, 1.82) is 0 Å². The molecule has 2 aromatic heterocycles. The second-order valence-electron chi connectivity index (χ2n) is 4.78. The molecule has 1 fully saturated rings. The van der Waals surface area contributed by atoms with Gasteiger partial charge in [0.2, 0.25) is 17.8 Å². The highest BCUT2D eigenvalue weighted by Gasteiger charge is 2.19. The summed E-state index contributed by atoms with van der Waals surface area (Å²) in [6, 6.07) is 0. The van der Waals surface area contributed by atoms with E-state index in [9.17, 15) is 0 Å². The molecule has 1 atom stereocenters. The Balaban J connectivity index is 1.81. The van der Waals surface area contributed by atoms with Gasteiger partial charge in [-0.05, 0) is 12.8 Å². The van der Waals surface area contributed by atoms with Crippen LogP contribution >= 0.6 is 0 Å². The first-order valence-corrected chi connectivity index (χ1v) is 6.55. The molecular formula is C12H17N7O. The number of nitrogens with two attached hydrogens (primary N) is 1. The monoisotopic (exact) mass is 275 g/mol. The summed E-state index contributed by atoms with van der Waals surface area (Å²) >= 11 is 0. The smallest absolute Gasteiger partial charge is 0.241 e. The summed E-state index contributed by atoms with van der Waals surface area (Å²) in [7, 11) is 1.92. The van der Waals surface area contributed by atoms with Gasteiger partial charge < -0.3 is 15.4 Å². The van der Waals surface area contributed by atoms with Crippen molar-refractivity contribution in [1.82, 2.24) is 24.5 Å². The van der Waals surface area contributed by atoms with Gasteiger partial charge in [-0.2, -0.15) is 15.0 Å². The molecule has 0 aliphatic carbocycles. The SMILES string of the molecule is CN(CC1CCCO1)c1nc(N)nc(-n2ccnc2)n1. The highest BCUT2D eigenvalue weighted by molar-refractivity contribution is 5.37. The molecule has 0 bridgehead atoms. The number of nitrogen functional groups attached to an aromatic ring is 1. The Bertz CT molecular complexity index is 565.